The number of benzene rings is 3. The van der Waals surface area contributed by atoms with E-state index >= 15 is 0 Å². The van der Waals surface area contributed by atoms with Gasteiger partial charge in [0.15, 0.2) is 0 Å². The average Bonchev–Trinajstić information content (AvgIpc) is 2.91. The summed E-state index contributed by atoms with van der Waals surface area (Å²) in [4.78, 5) is 27.9. The minimum Gasteiger partial charge on any atom is -0.495 e. The van der Waals surface area contributed by atoms with E-state index in [1.54, 1.807) is 57.2 Å². The summed E-state index contributed by atoms with van der Waals surface area (Å²) in [5, 5.41) is 2.70. The second-order valence-corrected chi connectivity index (χ2v) is 10.6. The van der Waals surface area contributed by atoms with Gasteiger partial charge in [0.05, 0.1) is 17.7 Å². The Labute approximate surface area is 223 Å². The van der Waals surface area contributed by atoms with Crippen LogP contribution in [0, 0.1) is 12.7 Å². The lowest BCUT2D eigenvalue weighted by Gasteiger charge is -2.32. The number of anilines is 1. The molecule has 0 spiro atoms. The van der Waals surface area contributed by atoms with Crippen molar-refractivity contribution in [3.8, 4) is 5.75 Å². The molecule has 1 atom stereocenters. The Morgan fingerprint density at radius 2 is 1.68 bits per heavy atom. The number of aryl methyl sites for hydroxylation is 1. The van der Waals surface area contributed by atoms with Gasteiger partial charge in [0.25, 0.3) is 10.0 Å². The van der Waals surface area contributed by atoms with Crippen LogP contribution in [-0.2, 0) is 26.2 Å². The van der Waals surface area contributed by atoms with Crippen molar-refractivity contribution in [2.45, 2.75) is 38.3 Å². The van der Waals surface area contributed by atoms with Crippen LogP contribution in [-0.4, -0.2) is 51.4 Å². The van der Waals surface area contributed by atoms with Gasteiger partial charge < -0.3 is 15.0 Å². The summed E-state index contributed by atoms with van der Waals surface area (Å²) in [6, 6.07) is 17.5. The molecule has 0 aliphatic rings. The fourth-order valence-electron chi connectivity index (χ4n) is 3.92. The summed E-state index contributed by atoms with van der Waals surface area (Å²) in [5.41, 5.74) is 1.54. The van der Waals surface area contributed by atoms with Gasteiger partial charge >= 0.3 is 0 Å². The number of halogens is 1. The number of nitrogens with one attached hydrogen (secondary N) is 1. The molecule has 0 unspecified atom stereocenters. The molecule has 38 heavy (non-hydrogen) atoms. The number of methoxy groups -OCH3 is 1. The van der Waals surface area contributed by atoms with Gasteiger partial charge in [-0.1, -0.05) is 36.4 Å². The van der Waals surface area contributed by atoms with Crippen LogP contribution in [0.25, 0.3) is 0 Å². The van der Waals surface area contributed by atoms with E-state index in [4.69, 9.17) is 4.74 Å². The van der Waals surface area contributed by atoms with E-state index in [9.17, 15) is 22.4 Å². The Morgan fingerprint density at radius 1 is 1.03 bits per heavy atom. The fraction of sp³-hybridized carbons (Fsp3) is 0.286. The Hall–Kier alpha value is -3.92. The molecule has 3 aromatic rings. The summed E-state index contributed by atoms with van der Waals surface area (Å²) >= 11 is 0. The Balaban J connectivity index is 2.08. The first-order chi connectivity index (χ1) is 18.1. The third-order valence-corrected chi connectivity index (χ3v) is 7.77. The van der Waals surface area contributed by atoms with Crippen molar-refractivity contribution in [2.24, 2.45) is 0 Å². The number of nitrogens with zero attached hydrogens (tertiary/aromatic N) is 2. The van der Waals surface area contributed by atoms with Crippen LogP contribution < -0.4 is 14.4 Å². The molecular formula is C28H32FN3O5S. The van der Waals surface area contributed by atoms with Crippen molar-refractivity contribution in [3.05, 3.63) is 89.7 Å². The van der Waals surface area contributed by atoms with Crippen LogP contribution in [0.1, 0.15) is 25.0 Å². The average molecular weight is 542 g/mol. The largest absolute Gasteiger partial charge is 0.495 e. The molecule has 0 aliphatic heterocycles. The number of rotatable bonds is 11. The van der Waals surface area contributed by atoms with Crippen molar-refractivity contribution >= 4 is 27.5 Å². The van der Waals surface area contributed by atoms with Crippen LogP contribution in [0.2, 0.25) is 0 Å². The summed E-state index contributed by atoms with van der Waals surface area (Å²) in [6.45, 7) is 4.86. The molecule has 0 heterocycles. The zero-order valence-electron chi connectivity index (χ0n) is 21.8. The normalized spacial score (nSPS) is 11.9. The monoisotopic (exact) mass is 541 g/mol. The maximum Gasteiger partial charge on any atom is 0.264 e. The van der Waals surface area contributed by atoms with Crippen molar-refractivity contribution in [1.82, 2.24) is 10.2 Å². The van der Waals surface area contributed by atoms with Gasteiger partial charge in [0, 0.05) is 13.1 Å². The zero-order chi connectivity index (χ0) is 27.9. The molecular weight excluding hydrogens is 509 g/mol. The van der Waals surface area contributed by atoms with Gasteiger partial charge in [-0.2, -0.15) is 0 Å². The molecule has 3 aromatic carbocycles. The van der Waals surface area contributed by atoms with E-state index in [1.807, 2.05) is 0 Å². The number of carbonyl (C=O) groups is 2. The predicted octanol–water partition coefficient (Wildman–Crippen LogP) is 3.89. The Morgan fingerprint density at radius 3 is 2.29 bits per heavy atom. The highest BCUT2D eigenvalue weighted by Gasteiger charge is 2.33. The van der Waals surface area contributed by atoms with Gasteiger partial charge in [-0.3, -0.25) is 13.9 Å². The molecule has 0 fully saturated rings. The SMILES string of the molecule is CCNC(=O)[C@@H](C)N(Cc1ccc(F)cc1)C(=O)CN(c1cc(C)ccc1OC)S(=O)(=O)c1ccccc1. The molecule has 8 nitrogen and oxygen atoms in total. The van der Waals surface area contributed by atoms with Crippen molar-refractivity contribution < 1.29 is 27.1 Å². The number of ether oxygens (including phenoxy) is 1. The number of likely N-dealkylation sites (N-methyl/N-ethyl adjacent to an activating group) is 1. The lowest BCUT2D eigenvalue weighted by atomic mass is 10.1. The van der Waals surface area contributed by atoms with E-state index in [0.717, 1.165) is 9.87 Å². The standard InChI is InChI=1S/C28H32FN3O5S/c1-5-30-28(34)21(3)31(18-22-12-14-23(29)15-13-22)27(33)19-32(25-17-20(2)11-16-26(25)37-4)38(35,36)24-9-7-6-8-10-24/h6-17,21H,5,18-19H2,1-4H3,(H,30,34)/t21-/m1/s1. The topological polar surface area (TPSA) is 96.0 Å². The van der Waals surface area contributed by atoms with Crippen LogP contribution >= 0.6 is 0 Å². The highest BCUT2D eigenvalue weighted by molar-refractivity contribution is 7.92. The predicted molar refractivity (Wildman–Crippen MR) is 144 cm³/mol. The van der Waals surface area contributed by atoms with Crippen LogP contribution in [0.15, 0.2) is 77.7 Å². The van der Waals surface area contributed by atoms with Crippen LogP contribution in [0.4, 0.5) is 10.1 Å². The molecule has 0 aromatic heterocycles. The van der Waals surface area contributed by atoms with E-state index < -0.39 is 40.2 Å². The first-order valence-corrected chi connectivity index (χ1v) is 13.6. The van der Waals surface area contributed by atoms with E-state index in [0.29, 0.717) is 12.1 Å². The van der Waals surface area contributed by atoms with Crippen LogP contribution in [0.5, 0.6) is 5.75 Å². The van der Waals surface area contributed by atoms with Crippen molar-refractivity contribution in [3.63, 3.8) is 0 Å². The second-order valence-electron chi connectivity index (χ2n) is 8.72. The smallest absolute Gasteiger partial charge is 0.264 e. The molecule has 0 bridgehead atoms. The van der Waals surface area contributed by atoms with Gasteiger partial charge in [0.1, 0.15) is 24.2 Å². The van der Waals surface area contributed by atoms with Crippen molar-refractivity contribution in [2.75, 3.05) is 24.5 Å². The Kier molecular flexibility index (Phi) is 9.46. The zero-order valence-corrected chi connectivity index (χ0v) is 22.7. The first kappa shape index (κ1) is 28.6. The molecule has 1 N–H and O–H groups in total. The first-order valence-electron chi connectivity index (χ1n) is 12.1. The molecule has 2 amide bonds. The molecule has 0 saturated carbocycles. The molecule has 3 rings (SSSR count). The molecule has 0 radical (unpaired) electrons. The lowest BCUT2D eigenvalue weighted by molar-refractivity contribution is -0.139. The van der Waals surface area contributed by atoms with Gasteiger partial charge in [-0.15, -0.1) is 0 Å². The molecule has 202 valence electrons. The summed E-state index contributed by atoms with van der Waals surface area (Å²) < 4.78 is 47.6. The van der Waals surface area contributed by atoms with Gasteiger partial charge in [0.2, 0.25) is 11.8 Å². The minimum atomic E-state index is -4.21. The van der Waals surface area contributed by atoms with Crippen molar-refractivity contribution in [1.29, 1.82) is 0 Å². The number of amides is 2. The quantitative estimate of drug-likeness (QED) is 0.397. The Bertz CT molecular complexity index is 1360. The highest BCUT2D eigenvalue weighted by atomic mass is 32.2. The third kappa shape index (κ3) is 6.69. The van der Waals surface area contributed by atoms with Crippen LogP contribution in [0.3, 0.4) is 0 Å². The van der Waals surface area contributed by atoms with E-state index in [-0.39, 0.29) is 22.9 Å². The number of hydrogen-bond acceptors (Lipinski definition) is 5. The van der Waals surface area contributed by atoms with Gasteiger partial charge in [-0.25, -0.2) is 12.8 Å². The summed E-state index contributed by atoms with van der Waals surface area (Å²) in [6.07, 6.45) is 0. The van der Waals surface area contributed by atoms with E-state index in [1.165, 1.54) is 48.4 Å². The maximum atomic E-state index is 13.9. The highest BCUT2D eigenvalue weighted by Crippen LogP contribution is 2.33. The molecule has 0 aliphatic carbocycles. The summed E-state index contributed by atoms with van der Waals surface area (Å²) in [7, 11) is -2.79. The van der Waals surface area contributed by atoms with E-state index in [2.05, 4.69) is 5.32 Å². The third-order valence-electron chi connectivity index (χ3n) is 6.00. The lowest BCUT2D eigenvalue weighted by Crippen LogP contribution is -2.51. The van der Waals surface area contributed by atoms with Gasteiger partial charge in [-0.05, 0) is 68.3 Å². The number of carbonyl (C=O) groups excluding carboxylic acids is 2. The number of hydrogen-bond donors (Lipinski definition) is 1. The summed E-state index contributed by atoms with van der Waals surface area (Å²) in [5.74, 6) is -1.18. The number of sulfonamides is 1. The molecule has 0 saturated heterocycles. The fourth-order valence-corrected chi connectivity index (χ4v) is 5.36. The maximum absolute atomic E-state index is 13.9. The molecule has 10 heteroatoms. The second kappa shape index (κ2) is 12.6. The minimum absolute atomic E-state index is 0.00165.